The molecule has 1 fully saturated rings. The number of carbonyl (C=O) groups is 1. The lowest BCUT2D eigenvalue weighted by molar-refractivity contribution is -0.120. The molecule has 17 heteroatoms. The predicted octanol–water partition coefficient (Wildman–Crippen LogP) is -1.24. The molecule has 0 saturated carbocycles. The summed E-state index contributed by atoms with van der Waals surface area (Å²) < 4.78 is 36.7. The molecule has 1 aromatic rings. The van der Waals surface area contributed by atoms with Crippen molar-refractivity contribution in [3.63, 3.8) is 0 Å². The third-order valence-corrected chi connectivity index (χ3v) is 6.08. The monoisotopic (exact) mass is 512 g/mol. The molecule has 14 nitrogen and oxygen atoms in total. The van der Waals surface area contributed by atoms with E-state index in [-0.39, 0.29) is 30.9 Å². The number of aromatic nitrogens is 2. The molecule has 0 aromatic carbocycles. The normalized spacial score (nSPS) is 22.5. The number of H-pyrrole nitrogens is 1. The number of aromatic amines is 1. The Balaban J connectivity index is 2.08. The van der Waals surface area contributed by atoms with E-state index in [0.29, 0.717) is 5.75 Å². The number of phosphoric acid groups is 1. The number of rotatable bonds is 9. The minimum Gasteiger partial charge on any atom is -0.390 e. The number of amides is 1. The molecule has 2 rings (SSSR count). The molecule has 1 aromatic heterocycles. The van der Waals surface area contributed by atoms with Crippen LogP contribution in [0, 0.1) is 11.8 Å². The van der Waals surface area contributed by atoms with Gasteiger partial charge in [-0.15, -0.1) is 4.89 Å². The van der Waals surface area contributed by atoms with Crippen molar-refractivity contribution in [3.8, 4) is 11.8 Å². The Morgan fingerprint density at radius 2 is 2.22 bits per heavy atom. The second kappa shape index (κ2) is 11.9. The molecule has 0 aliphatic carbocycles. The zero-order valence-corrected chi connectivity index (χ0v) is 18.9. The number of nitrogens with one attached hydrogen (secondary N) is 2. The molecule has 2 heterocycles. The molecule has 2 unspecified atom stereocenters. The SMILES string of the molecule is O=C(CCS)NCC#Cc1cn([C@H]2C[C@H](O)[C@@H](COP(=O)(O)O[P+](=O)O)O2)c(=O)[nH]c1=O. The van der Waals surface area contributed by atoms with E-state index in [0.717, 1.165) is 10.8 Å². The Morgan fingerprint density at radius 3 is 2.88 bits per heavy atom. The largest absolute Gasteiger partial charge is 0.705 e. The van der Waals surface area contributed by atoms with Gasteiger partial charge < -0.3 is 15.2 Å². The number of hydrogen-bond donors (Lipinski definition) is 6. The van der Waals surface area contributed by atoms with Crippen LogP contribution in [0.3, 0.4) is 0 Å². The third kappa shape index (κ3) is 7.93. The van der Waals surface area contributed by atoms with Crippen LogP contribution in [-0.2, 0) is 27.5 Å². The number of hydrogen-bond acceptors (Lipinski definition) is 10. The van der Waals surface area contributed by atoms with Crippen LogP contribution in [0.15, 0.2) is 15.8 Å². The lowest BCUT2D eigenvalue weighted by Crippen LogP contribution is -2.33. The smallest absolute Gasteiger partial charge is 0.390 e. The van der Waals surface area contributed by atoms with Crippen LogP contribution in [0.2, 0.25) is 0 Å². The molecule has 5 atom stereocenters. The van der Waals surface area contributed by atoms with Crippen molar-refractivity contribution in [2.45, 2.75) is 31.3 Å². The van der Waals surface area contributed by atoms with Crippen molar-refractivity contribution < 1.29 is 42.4 Å². The summed E-state index contributed by atoms with van der Waals surface area (Å²) in [5.74, 6) is 5.19. The lowest BCUT2D eigenvalue weighted by atomic mass is 10.2. The van der Waals surface area contributed by atoms with Crippen molar-refractivity contribution in [1.29, 1.82) is 0 Å². The minimum atomic E-state index is -4.86. The maximum Gasteiger partial charge on any atom is 0.705 e. The Hall–Kier alpha value is -1.85. The molecule has 0 radical (unpaired) electrons. The van der Waals surface area contributed by atoms with E-state index in [1.807, 2.05) is 0 Å². The van der Waals surface area contributed by atoms with Crippen LogP contribution in [0.4, 0.5) is 0 Å². The molecule has 32 heavy (non-hydrogen) atoms. The van der Waals surface area contributed by atoms with E-state index in [1.165, 1.54) is 0 Å². The van der Waals surface area contributed by atoms with E-state index >= 15 is 0 Å². The highest BCUT2D eigenvalue weighted by molar-refractivity contribution is 7.80. The van der Waals surface area contributed by atoms with Gasteiger partial charge in [-0.1, -0.05) is 11.8 Å². The fraction of sp³-hybridized carbons (Fsp3) is 0.533. The molecule has 1 saturated heterocycles. The Kier molecular flexibility index (Phi) is 9.78. The molecule has 1 aliphatic heterocycles. The number of aliphatic hydroxyl groups is 1. The van der Waals surface area contributed by atoms with Gasteiger partial charge in [0.2, 0.25) is 5.91 Å². The van der Waals surface area contributed by atoms with Crippen LogP contribution in [0.25, 0.3) is 0 Å². The molecular formula is C15H20N3O11P2S+. The van der Waals surface area contributed by atoms with Crippen LogP contribution in [0.5, 0.6) is 0 Å². The van der Waals surface area contributed by atoms with Gasteiger partial charge in [0.15, 0.2) is 0 Å². The van der Waals surface area contributed by atoms with Crippen molar-refractivity contribution in [2.24, 2.45) is 0 Å². The van der Waals surface area contributed by atoms with Crippen molar-refractivity contribution >= 4 is 34.6 Å². The molecular weight excluding hydrogens is 492 g/mol. The Morgan fingerprint density at radius 1 is 1.50 bits per heavy atom. The molecule has 1 amide bonds. The van der Waals surface area contributed by atoms with Crippen LogP contribution >= 0.6 is 28.7 Å². The van der Waals surface area contributed by atoms with Gasteiger partial charge in [-0.2, -0.15) is 12.6 Å². The highest BCUT2D eigenvalue weighted by Gasteiger charge is 2.40. The molecule has 0 bridgehead atoms. The zero-order valence-electron chi connectivity index (χ0n) is 16.2. The van der Waals surface area contributed by atoms with Gasteiger partial charge in [-0.3, -0.25) is 28.6 Å². The van der Waals surface area contributed by atoms with Gasteiger partial charge in [0, 0.05) is 23.6 Å². The average molecular weight is 512 g/mol. The Bertz CT molecular complexity index is 1080. The van der Waals surface area contributed by atoms with Crippen LogP contribution in [0.1, 0.15) is 24.6 Å². The standard InChI is InChI=1S/C15H19N3O11P2S/c19-10-6-13(28-11(10)8-27-31(25,26)29-30(23)24)18-7-9(14(21)17-15(18)22)2-1-4-16-12(20)3-5-32/h7,10-11,13,19H,3-6,8H2,(H4-,16,17,20,21,22,23,24,25,26,32)/p+1/t10-,11+,13+/m0/s1. The predicted molar refractivity (Wildman–Crippen MR) is 111 cm³/mol. The second-order valence-corrected chi connectivity index (χ2v) is 9.05. The summed E-state index contributed by atoms with van der Waals surface area (Å²) in [6.45, 7) is -0.725. The van der Waals surface area contributed by atoms with Crippen LogP contribution in [-0.4, -0.2) is 61.5 Å². The highest BCUT2D eigenvalue weighted by atomic mass is 32.1. The first-order valence-electron chi connectivity index (χ1n) is 8.91. The topological polar surface area (TPSA) is 206 Å². The third-order valence-electron chi connectivity index (χ3n) is 3.99. The summed E-state index contributed by atoms with van der Waals surface area (Å²) in [6.07, 6.45) is -2.32. The van der Waals surface area contributed by atoms with Gasteiger partial charge in [0.25, 0.3) is 5.56 Å². The van der Waals surface area contributed by atoms with Gasteiger partial charge in [-0.25, -0.2) is 9.36 Å². The summed E-state index contributed by atoms with van der Waals surface area (Å²) in [4.78, 5) is 55.4. The number of nitrogens with zero attached hydrogens (tertiary/aromatic N) is 1. The summed E-state index contributed by atoms with van der Waals surface area (Å²) in [7, 11) is -8.27. The number of carbonyl (C=O) groups excluding carboxylic acids is 1. The summed E-state index contributed by atoms with van der Waals surface area (Å²) >= 11 is 3.93. The highest BCUT2D eigenvalue weighted by Crippen LogP contribution is 2.51. The van der Waals surface area contributed by atoms with E-state index in [9.17, 15) is 33.5 Å². The molecule has 5 N–H and O–H groups in total. The van der Waals surface area contributed by atoms with Gasteiger partial charge in [-0.05, 0) is 10.1 Å². The van der Waals surface area contributed by atoms with Crippen LogP contribution < -0.4 is 16.6 Å². The zero-order chi connectivity index (χ0) is 23.9. The number of aliphatic hydroxyl groups excluding tert-OH is 1. The van der Waals surface area contributed by atoms with E-state index in [1.54, 1.807) is 0 Å². The van der Waals surface area contributed by atoms with Gasteiger partial charge in [0.1, 0.15) is 17.9 Å². The first-order chi connectivity index (χ1) is 15.0. The molecule has 1 aliphatic rings. The van der Waals surface area contributed by atoms with E-state index < -0.39 is 52.4 Å². The number of ether oxygens (including phenoxy) is 1. The van der Waals surface area contributed by atoms with Gasteiger partial charge in [0.05, 0.1) is 19.3 Å². The molecule has 176 valence electrons. The van der Waals surface area contributed by atoms with Crippen molar-refractivity contribution in [1.82, 2.24) is 14.9 Å². The number of thiol groups is 1. The fourth-order valence-corrected chi connectivity index (χ4v) is 4.01. The van der Waals surface area contributed by atoms with E-state index in [2.05, 4.69) is 43.6 Å². The first kappa shape index (κ1) is 26.4. The quantitative estimate of drug-likeness (QED) is 0.131. The lowest BCUT2D eigenvalue weighted by Gasteiger charge is -2.16. The second-order valence-electron chi connectivity index (χ2n) is 6.28. The first-order valence-corrected chi connectivity index (χ1v) is 12.2. The summed E-state index contributed by atoms with van der Waals surface area (Å²) in [6, 6.07) is 0. The minimum absolute atomic E-state index is 0.0358. The molecule has 0 spiro atoms. The summed E-state index contributed by atoms with van der Waals surface area (Å²) in [5.41, 5.74) is -1.73. The number of phosphoric ester groups is 1. The van der Waals surface area contributed by atoms with Crippen molar-refractivity contribution in [3.05, 3.63) is 32.6 Å². The average Bonchev–Trinajstić information content (AvgIpc) is 3.04. The maximum atomic E-state index is 12.2. The van der Waals surface area contributed by atoms with Gasteiger partial charge >= 0.3 is 21.8 Å². The van der Waals surface area contributed by atoms with E-state index in [4.69, 9.17) is 9.63 Å². The van der Waals surface area contributed by atoms with Crippen molar-refractivity contribution in [2.75, 3.05) is 18.9 Å². The fourth-order valence-electron chi connectivity index (χ4n) is 2.58. The summed E-state index contributed by atoms with van der Waals surface area (Å²) in [5, 5.41) is 12.6. The Labute approximate surface area is 186 Å². The maximum absolute atomic E-state index is 12.2.